The number of amides is 1. The highest BCUT2D eigenvalue weighted by molar-refractivity contribution is 5.96. The summed E-state index contributed by atoms with van der Waals surface area (Å²) in [5, 5.41) is 10.2. The maximum absolute atomic E-state index is 11.2. The second-order valence-corrected chi connectivity index (χ2v) is 4.44. The number of carbonyl (C=O) groups is 1. The van der Waals surface area contributed by atoms with Crippen molar-refractivity contribution in [3.8, 4) is 11.4 Å². The van der Waals surface area contributed by atoms with E-state index in [1.807, 2.05) is 0 Å². The summed E-state index contributed by atoms with van der Waals surface area (Å²) in [6.45, 7) is 0. The summed E-state index contributed by atoms with van der Waals surface area (Å²) >= 11 is 0. The normalized spacial score (nSPS) is 10.8. The molecule has 0 saturated heterocycles. The number of anilines is 1. The zero-order valence-corrected chi connectivity index (χ0v) is 10.4. The quantitative estimate of drug-likeness (QED) is 0.485. The van der Waals surface area contributed by atoms with Gasteiger partial charge in [0.25, 0.3) is 0 Å². The predicted molar refractivity (Wildman–Crippen MR) is 75.3 cm³/mol. The smallest absolute Gasteiger partial charge is 0.248 e. The van der Waals surface area contributed by atoms with Gasteiger partial charge >= 0.3 is 0 Å². The molecule has 20 heavy (non-hydrogen) atoms. The van der Waals surface area contributed by atoms with E-state index in [4.69, 9.17) is 11.5 Å². The fraction of sp³-hybridized carbons (Fsp3) is 0. The van der Waals surface area contributed by atoms with Crippen LogP contribution in [0.5, 0.6) is 0 Å². The Kier molecular flexibility index (Phi) is 2.57. The molecule has 3 rings (SSSR count). The Morgan fingerprint density at radius 3 is 2.70 bits per heavy atom. The second kappa shape index (κ2) is 4.27. The Morgan fingerprint density at radius 1 is 1.20 bits per heavy atom. The van der Waals surface area contributed by atoms with Crippen molar-refractivity contribution in [3.05, 3.63) is 48.0 Å². The molecule has 0 spiro atoms. The average molecular weight is 268 g/mol. The van der Waals surface area contributed by atoms with Gasteiger partial charge in [-0.25, -0.2) is 4.98 Å². The van der Waals surface area contributed by atoms with Gasteiger partial charge in [-0.2, -0.15) is 4.73 Å². The van der Waals surface area contributed by atoms with Gasteiger partial charge in [0.15, 0.2) is 5.82 Å². The summed E-state index contributed by atoms with van der Waals surface area (Å²) in [5.41, 5.74) is 13.5. The number of nitrogens with zero attached hydrogens (tertiary/aromatic N) is 2. The van der Waals surface area contributed by atoms with Gasteiger partial charge in [0.05, 0.1) is 5.52 Å². The average Bonchev–Trinajstić information content (AvgIpc) is 2.76. The maximum Gasteiger partial charge on any atom is 0.248 e. The van der Waals surface area contributed by atoms with Crippen LogP contribution in [0.3, 0.4) is 0 Å². The number of hydrogen-bond acceptors (Lipinski definition) is 4. The molecular weight excluding hydrogens is 256 g/mol. The minimum Gasteiger partial charge on any atom is -0.426 e. The van der Waals surface area contributed by atoms with Gasteiger partial charge in [-0.05, 0) is 30.3 Å². The molecule has 100 valence electrons. The first-order valence-electron chi connectivity index (χ1n) is 5.94. The summed E-state index contributed by atoms with van der Waals surface area (Å²) in [4.78, 5) is 15.5. The van der Waals surface area contributed by atoms with Gasteiger partial charge in [-0.15, -0.1) is 0 Å². The van der Waals surface area contributed by atoms with Gasteiger partial charge in [0.1, 0.15) is 5.52 Å². The molecular formula is C14H12N4O2. The first-order valence-corrected chi connectivity index (χ1v) is 5.94. The molecule has 6 nitrogen and oxygen atoms in total. The molecule has 0 radical (unpaired) electrons. The highest BCUT2D eigenvalue weighted by Crippen LogP contribution is 2.25. The maximum atomic E-state index is 11.2. The Hall–Kier alpha value is -3.02. The zero-order valence-electron chi connectivity index (χ0n) is 10.4. The third-order valence-electron chi connectivity index (χ3n) is 3.06. The molecule has 5 N–H and O–H groups in total. The molecule has 0 fully saturated rings. The highest BCUT2D eigenvalue weighted by atomic mass is 16.5. The van der Waals surface area contributed by atoms with Crippen LogP contribution in [-0.2, 0) is 0 Å². The van der Waals surface area contributed by atoms with E-state index in [0.29, 0.717) is 33.7 Å². The first kappa shape index (κ1) is 12.0. The minimum absolute atomic E-state index is 0.312. The van der Waals surface area contributed by atoms with Crippen LogP contribution in [0.1, 0.15) is 10.4 Å². The van der Waals surface area contributed by atoms with Gasteiger partial charge in [0.2, 0.25) is 5.91 Å². The monoisotopic (exact) mass is 268 g/mol. The van der Waals surface area contributed by atoms with Crippen LogP contribution in [0, 0.1) is 0 Å². The topological polar surface area (TPSA) is 107 Å². The molecule has 0 saturated carbocycles. The van der Waals surface area contributed by atoms with Crippen LogP contribution in [0.25, 0.3) is 22.4 Å². The third kappa shape index (κ3) is 1.83. The van der Waals surface area contributed by atoms with E-state index in [1.54, 1.807) is 36.4 Å². The molecule has 0 unspecified atom stereocenters. The van der Waals surface area contributed by atoms with Crippen molar-refractivity contribution in [2.45, 2.75) is 0 Å². The Labute approximate surface area is 114 Å². The van der Waals surface area contributed by atoms with E-state index in [-0.39, 0.29) is 0 Å². The molecule has 1 aromatic heterocycles. The molecule has 0 aliphatic carbocycles. The van der Waals surface area contributed by atoms with E-state index >= 15 is 0 Å². The molecule has 1 heterocycles. The number of aromatic nitrogens is 2. The second-order valence-electron chi connectivity index (χ2n) is 4.44. The Balaban J connectivity index is 2.23. The number of carbonyl (C=O) groups excluding carboxylic acids is 1. The van der Waals surface area contributed by atoms with Crippen molar-refractivity contribution in [1.29, 1.82) is 0 Å². The summed E-state index contributed by atoms with van der Waals surface area (Å²) in [6.07, 6.45) is 0. The first-order chi connectivity index (χ1) is 9.56. The summed E-state index contributed by atoms with van der Waals surface area (Å²) in [6, 6.07) is 11.7. The predicted octanol–water partition coefficient (Wildman–Crippen LogP) is 1.62. The fourth-order valence-electron chi connectivity index (χ4n) is 2.08. The summed E-state index contributed by atoms with van der Waals surface area (Å²) < 4.78 is 0.927. The molecule has 3 aromatic rings. The van der Waals surface area contributed by atoms with Gasteiger partial charge in [0, 0.05) is 16.8 Å². The van der Waals surface area contributed by atoms with Crippen LogP contribution in [0.15, 0.2) is 42.5 Å². The van der Waals surface area contributed by atoms with Crippen LogP contribution < -0.4 is 11.5 Å². The van der Waals surface area contributed by atoms with Gasteiger partial charge in [-0.3, -0.25) is 4.79 Å². The number of hydrogen-bond donors (Lipinski definition) is 3. The van der Waals surface area contributed by atoms with E-state index < -0.39 is 5.91 Å². The zero-order chi connectivity index (χ0) is 14.3. The Morgan fingerprint density at radius 2 is 2.00 bits per heavy atom. The third-order valence-corrected chi connectivity index (χ3v) is 3.06. The summed E-state index contributed by atoms with van der Waals surface area (Å²) in [5.74, 6) is -0.201. The molecule has 0 bridgehead atoms. The number of rotatable bonds is 2. The lowest BCUT2D eigenvalue weighted by molar-refractivity contribution is 0.100. The van der Waals surface area contributed by atoms with Crippen LogP contribution in [0.2, 0.25) is 0 Å². The van der Waals surface area contributed by atoms with E-state index in [0.717, 1.165) is 4.73 Å². The lowest BCUT2D eigenvalue weighted by atomic mass is 10.2. The minimum atomic E-state index is -0.557. The molecule has 0 aliphatic heterocycles. The molecule has 2 aromatic carbocycles. The van der Waals surface area contributed by atoms with Crippen molar-refractivity contribution in [3.63, 3.8) is 0 Å². The van der Waals surface area contributed by atoms with Gasteiger partial charge in [-0.1, -0.05) is 12.1 Å². The van der Waals surface area contributed by atoms with Crippen LogP contribution in [-0.4, -0.2) is 20.8 Å². The fourth-order valence-corrected chi connectivity index (χ4v) is 2.08. The number of nitrogens with two attached hydrogens (primary N) is 2. The largest absolute Gasteiger partial charge is 0.426 e. The lowest BCUT2D eigenvalue weighted by Gasteiger charge is -2.02. The van der Waals surface area contributed by atoms with E-state index in [1.165, 1.54) is 6.07 Å². The van der Waals surface area contributed by atoms with Crippen molar-refractivity contribution >= 4 is 22.6 Å². The number of imidazole rings is 1. The molecule has 0 atom stereocenters. The van der Waals surface area contributed by atoms with Crippen LogP contribution >= 0.6 is 0 Å². The van der Waals surface area contributed by atoms with Gasteiger partial charge < -0.3 is 16.7 Å². The van der Waals surface area contributed by atoms with Crippen molar-refractivity contribution in [2.75, 3.05) is 5.73 Å². The van der Waals surface area contributed by atoms with Crippen LogP contribution in [0.4, 0.5) is 5.69 Å². The number of primary amides is 1. The van der Waals surface area contributed by atoms with E-state index in [2.05, 4.69) is 4.98 Å². The number of nitrogen functional groups attached to an aromatic ring is 1. The molecule has 6 heteroatoms. The highest BCUT2D eigenvalue weighted by Gasteiger charge is 2.13. The standard InChI is InChI=1S/C14H12N4O2/c15-10-3-1-2-9(6-10)14-17-11-5-4-8(13(16)19)7-12(11)18(14)20/h1-7,20H,15H2,(H2,16,19). The number of fused-ring (bicyclic) bond motifs is 1. The van der Waals surface area contributed by atoms with Crippen molar-refractivity contribution in [2.24, 2.45) is 5.73 Å². The SMILES string of the molecule is NC(=O)c1ccc2nc(-c3cccc(N)c3)n(O)c2c1. The van der Waals surface area contributed by atoms with Crippen molar-refractivity contribution in [1.82, 2.24) is 9.71 Å². The summed E-state index contributed by atoms with van der Waals surface area (Å²) in [7, 11) is 0. The molecule has 1 amide bonds. The Bertz CT molecular complexity index is 823. The lowest BCUT2D eigenvalue weighted by Crippen LogP contribution is -2.10. The van der Waals surface area contributed by atoms with E-state index in [9.17, 15) is 10.0 Å². The molecule has 0 aliphatic rings. The number of benzene rings is 2. The van der Waals surface area contributed by atoms with Crippen molar-refractivity contribution < 1.29 is 10.0 Å².